The predicted molar refractivity (Wildman–Crippen MR) is 111 cm³/mol. The number of amides is 1. The van der Waals surface area contributed by atoms with E-state index in [1.165, 1.54) is 13.5 Å². The van der Waals surface area contributed by atoms with Crippen LogP contribution in [0.2, 0.25) is 0 Å². The minimum Gasteiger partial charge on any atom is -0.491 e. The van der Waals surface area contributed by atoms with Crippen molar-refractivity contribution in [2.24, 2.45) is 0 Å². The van der Waals surface area contributed by atoms with Crippen molar-refractivity contribution in [2.45, 2.75) is 38.9 Å². The highest BCUT2D eigenvalue weighted by atomic mass is 16.7. The molecule has 2 aliphatic rings. The Labute approximate surface area is 175 Å². The highest BCUT2D eigenvalue weighted by Crippen LogP contribution is 2.32. The van der Waals surface area contributed by atoms with Gasteiger partial charge in [0, 0.05) is 24.8 Å². The van der Waals surface area contributed by atoms with Gasteiger partial charge in [-0.1, -0.05) is 12.5 Å². The fourth-order valence-electron chi connectivity index (χ4n) is 3.84. The van der Waals surface area contributed by atoms with Gasteiger partial charge in [0.05, 0.1) is 13.3 Å². The first kappa shape index (κ1) is 20.3. The normalized spacial score (nSPS) is 15.8. The van der Waals surface area contributed by atoms with Crippen molar-refractivity contribution >= 4 is 5.91 Å². The quantitative estimate of drug-likeness (QED) is 0.747. The Morgan fingerprint density at radius 1 is 1.13 bits per heavy atom. The number of ether oxygens (including phenoxy) is 3. The van der Waals surface area contributed by atoms with Crippen molar-refractivity contribution < 1.29 is 19.0 Å². The van der Waals surface area contributed by atoms with E-state index < -0.39 is 0 Å². The van der Waals surface area contributed by atoms with Gasteiger partial charge in [-0.2, -0.15) is 0 Å². The number of carbonyl (C=O) groups excluding carboxylic acids is 1. The van der Waals surface area contributed by atoms with Crippen LogP contribution in [0.15, 0.2) is 35.3 Å². The molecule has 1 N–H and O–H groups in total. The van der Waals surface area contributed by atoms with Gasteiger partial charge in [0.15, 0.2) is 17.2 Å². The molecule has 0 spiro atoms. The van der Waals surface area contributed by atoms with E-state index in [4.69, 9.17) is 14.2 Å². The Balaban J connectivity index is 1.43. The average molecular weight is 413 g/mol. The zero-order valence-electron chi connectivity index (χ0n) is 17.2. The molecule has 1 aromatic heterocycles. The fraction of sp³-hybridized carbons (Fsp3) is 0.455. The lowest BCUT2D eigenvalue weighted by atomic mass is 10.1. The van der Waals surface area contributed by atoms with Gasteiger partial charge in [0.2, 0.25) is 18.1 Å². The number of pyridine rings is 1. The molecule has 0 radical (unpaired) electrons. The lowest BCUT2D eigenvalue weighted by molar-refractivity contribution is -0.121. The third kappa shape index (κ3) is 4.76. The number of hydrogen-bond acceptors (Lipinski definition) is 6. The molecule has 4 rings (SSSR count). The molecule has 8 heteroatoms. The molecule has 1 amide bonds. The summed E-state index contributed by atoms with van der Waals surface area (Å²) in [7, 11) is 1.46. The van der Waals surface area contributed by atoms with E-state index in [1.807, 2.05) is 22.8 Å². The second-order valence-electron chi connectivity index (χ2n) is 7.63. The van der Waals surface area contributed by atoms with E-state index in [-0.39, 0.29) is 30.4 Å². The Hall–Kier alpha value is -3.00. The monoisotopic (exact) mass is 413 g/mol. The number of aromatic nitrogens is 1. The number of nitrogens with zero attached hydrogens (tertiary/aromatic N) is 2. The molecule has 0 atom stereocenters. The zero-order chi connectivity index (χ0) is 20.9. The van der Waals surface area contributed by atoms with E-state index in [9.17, 15) is 9.59 Å². The van der Waals surface area contributed by atoms with Crippen molar-refractivity contribution in [2.75, 3.05) is 27.0 Å². The molecule has 160 valence electrons. The number of methoxy groups -OCH3 is 1. The first-order chi connectivity index (χ1) is 14.6. The molecule has 1 aromatic carbocycles. The van der Waals surface area contributed by atoms with Crippen LogP contribution in [-0.2, 0) is 24.4 Å². The number of likely N-dealkylation sites (tertiary alicyclic amines) is 1. The zero-order valence-corrected chi connectivity index (χ0v) is 17.2. The summed E-state index contributed by atoms with van der Waals surface area (Å²) < 4.78 is 17.7. The van der Waals surface area contributed by atoms with Crippen LogP contribution in [0, 0.1) is 0 Å². The highest BCUT2D eigenvalue weighted by Gasteiger charge is 2.17. The highest BCUT2D eigenvalue weighted by molar-refractivity contribution is 5.75. The Morgan fingerprint density at radius 2 is 1.93 bits per heavy atom. The van der Waals surface area contributed by atoms with Crippen molar-refractivity contribution in [3.63, 3.8) is 0 Å². The van der Waals surface area contributed by atoms with Crippen molar-refractivity contribution in [1.29, 1.82) is 0 Å². The van der Waals surface area contributed by atoms with E-state index in [1.54, 1.807) is 12.3 Å². The maximum absolute atomic E-state index is 12.6. The number of rotatable bonds is 7. The molecule has 30 heavy (non-hydrogen) atoms. The Kier molecular flexibility index (Phi) is 6.23. The molecule has 1 fully saturated rings. The summed E-state index contributed by atoms with van der Waals surface area (Å²) >= 11 is 0. The number of carbonyl (C=O) groups is 1. The third-order valence-corrected chi connectivity index (χ3v) is 5.48. The van der Waals surface area contributed by atoms with Gasteiger partial charge in [0.25, 0.3) is 0 Å². The largest absolute Gasteiger partial charge is 0.491 e. The summed E-state index contributed by atoms with van der Waals surface area (Å²) in [5.74, 6) is 1.50. The van der Waals surface area contributed by atoms with E-state index in [2.05, 4.69) is 10.2 Å². The molecule has 0 unspecified atom stereocenters. The molecule has 8 nitrogen and oxygen atoms in total. The molecule has 0 saturated carbocycles. The van der Waals surface area contributed by atoms with Crippen LogP contribution >= 0.6 is 0 Å². The van der Waals surface area contributed by atoms with E-state index in [0.717, 1.165) is 37.2 Å². The molecule has 2 aliphatic heterocycles. The summed E-state index contributed by atoms with van der Waals surface area (Å²) in [5.41, 5.74) is 1.58. The van der Waals surface area contributed by atoms with Gasteiger partial charge >= 0.3 is 0 Å². The van der Waals surface area contributed by atoms with Crippen molar-refractivity contribution in [1.82, 2.24) is 14.8 Å². The fourth-order valence-corrected chi connectivity index (χ4v) is 3.84. The summed E-state index contributed by atoms with van der Waals surface area (Å²) in [6, 6.07) is 7.19. The third-order valence-electron chi connectivity index (χ3n) is 5.48. The summed E-state index contributed by atoms with van der Waals surface area (Å²) in [6.07, 6.45) is 5.20. The van der Waals surface area contributed by atoms with Crippen LogP contribution < -0.4 is 25.0 Å². The molecular formula is C22H27N3O5. The first-order valence-electron chi connectivity index (χ1n) is 10.3. The topological polar surface area (TPSA) is 82.0 Å². The van der Waals surface area contributed by atoms with Gasteiger partial charge in [-0.05, 0) is 43.6 Å². The van der Waals surface area contributed by atoms with Crippen LogP contribution in [-0.4, -0.2) is 42.4 Å². The number of benzene rings is 1. The Morgan fingerprint density at radius 3 is 2.73 bits per heavy atom. The lowest BCUT2D eigenvalue weighted by Gasteiger charge is -2.27. The lowest BCUT2D eigenvalue weighted by Crippen LogP contribution is -2.33. The van der Waals surface area contributed by atoms with Crippen LogP contribution in [0.3, 0.4) is 0 Å². The van der Waals surface area contributed by atoms with Gasteiger partial charge in [-0.3, -0.25) is 14.5 Å². The van der Waals surface area contributed by atoms with Crippen LogP contribution in [0.5, 0.6) is 17.2 Å². The number of hydrogen-bond donors (Lipinski definition) is 1. The van der Waals surface area contributed by atoms with Gasteiger partial charge < -0.3 is 24.1 Å². The molecule has 0 bridgehead atoms. The first-order valence-corrected chi connectivity index (χ1v) is 10.3. The van der Waals surface area contributed by atoms with Gasteiger partial charge in [0.1, 0.15) is 6.54 Å². The average Bonchev–Trinajstić information content (AvgIpc) is 3.23. The second kappa shape index (κ2) is 9.21. The summed E-state index contributed by atoms with van der Waals surface area (Å²) in [4.78, 5) is 27.2. The summed E-state index contributed by atoms with van der Waals surface area (Å²) in [6.45, 7) is 3.39. The maximum atomic E-state index is 12.6. The van der Waals surface area contributed by atoms with Gasteiger partial charge in [-0.15, -0.1) is 0 Å². The van der Waals surface area contributed by atoms with Crippen LogP contribution in [0.4, 0.5) is 0 Å². The van der Waals surface area contributed by atoms with E-state index >= 15 is 0 Å². The molecule has 3 heterocycles. The minimum absolute atomic E-state index is 0.115. The Bertz CT molecular complexity index is 966. The van der Waals surface area contributed by atoms with Crippen molar-refractivity contribution in [3.8, 4) is 17.2 Å². The second-order valence-corrected chi connectivity index (χ2v) is 7.63. The van der Waals surface area contributed by atoms with Crippen LogP contribution in [0.1, 0.15) is 30.5 Å². The number of piperidine rings is 1. The molecular weight excluding hydrogens is 386 g/mol. The maximum Gasteiger partial charge on any atom is 0.240 e. The summed E-state index contributed by atoms with van der Waals surface area (Å²) in [5, 5.41) is 2.93. The molecule has 1 saturated heterocycles. The standard InChI is InChI=1S/C22H27N3O5/c1-28-21-13-25(17(10-18(21)26)12-24-7-3-2-4-8-24)14-22(27)23-11-16-5-6-19-20(9-16)30-15-29-19/h5-6,9-10,13H,2-4,7-8,11-12,14-15H2,1H3,(H,23,27). The molecule has 2 aromatic rings. The van der Waals surface area contributed by atoms with Crippen LogP contribution in [0.25, 0.3) is 0 Å². The minimum atomic E-state index is -0.165. The smallest absolute Gasteiger partial charge is 0.240 e. The molecule has 0 aliphatic carbocycles. The predicted octanol–water partition coefficient (Wildman–Crippen LogP) is 1.89. The van der Waals surface area contributed by atoms with E-state index in [0.29, 0.717) is 24.6 Å². The number of nitrogens with one attached hydrogen (secondary N) is 1. The SMILES string of the molecule is COc1cn(CC(=O)NCc2ccc3c(c2)OCO3)c(CN2CCCCC2)cc1=O. The van der Waals surface area contributed by atoms with Gasteiger partial charge in [-0.25, -0.2) is 0 Å². The van der Waals surface area contributed by atoms with Crippen molar-refractivity contribution in [3.05, 3.63) is 51.9 Å². The number of fused-ring (bicyclic) bond motifs is 1.